The molecule has 0 heterocycles. The number of aliphatic hydroxyl groups is 2. The third kappa shape index (κ3) is 4.31. The van der Waals surface area contributed by atoms with Crippen molar-refractivity contribution in [3.63, 3.8) is 0 Å². The molecule has 0 bridgehead atoms. The molecule has 0 fully saturated rings. The summed E-state index contributed by atoms with van der Waals surface area (Å²) in [5.41, 5.74) is 0.473. The number of nitro groups is 1. The van der Waals surface area contributed by atoms with Gasteiger partial charge in [0.05, 0.1) is 18.1 Å². The molecule has 0 aromatic heterocycles. The van der Waals surface area contributed by atoms with E-state index in [1.807, 2.05) is 0 Å². The Morgan fingerprint density at radius 2 is 2.00 bits per heavy atom. The zero-order valence-electron chi connectivity index (χ0n) is 10.0. The van der Waals surface area contributed by atoms with Crippen LogP contribution >= 0.6 is 0 Å². The highest BCUT2D eigenvalue weighted by atomic mass is 16.6. The molecular weight excluding hydrogens is 238 g/mol. The summed E-state index contributed by atoms with van der Waals surface area (Å²) in [6, 6.07) is 4.30. The molecule has 0 aliphatic heterocycles. The molecule has 0 radical (unpaired) electrons. The Kier molecular flexibility index (Phi) is 6.10. The van der Waals surface area contributed by atoms with Gasteiger partial charge in [0, 0.05) is 12.7 Å². The van der Waals surface area contributed by atoms with Gasteiger partial charge in [0.1, 0.15) is 0 Å². The standard InChI is InChI=1S/C12H17NO5/c14-6-2-1-3-7-18-12-8-10(9-15)4-5-11(12)13(16)17/h4-5,8,14-15H,1-3,6-7,9H2. The fraction of sp³-hybridized carbons (Fsp3) is 0.500. The molecule has 1 aromatic carbocycles. The van der Waals surface area contributed by atoms with Gasteiger partial charge >= 0.3 is 5.69 Å². The second-order valence-corrected chi connectivity index (χ2v) is 3.85. The van der Waals surface area contributed by atoms with E-state index in [0.717, 1.165) is 12.8 Å². The fourth-order valence-corrected chi connectivity index (χ4v) is 1.50. The normalized spacial score (nSPS) is 10.3. The van der Waals surface area contributed by atoms with E-state index in [-0.39, 0.29) is 24.7 Å². The van der Waals surface area contributed by atoms with E-state index >= 15 is 0 Å². The van der Waals surface area contributed by atoms with E-state index in [1.54, 1.807) is 0 Å². The van der Waals surface area contributed by atoms with Crippen LogP contribution in [0.5, 0.6) is 5.75 Å². The molecule has 18 heavy (non-hydrogen) atoms. The van der Waals surface area contributed by atoms with E-state index in [0.29, 0.717) is 18.6 Å². The molecule has 1 aromatic rings. The van der Waals surface area contributed by atoms with E-state index in [9.17, 15) is 10.1 Å². The summed E-state index contributed by atoms with van der Waals surface area (Å²) in [6.45, 7) is 0.314. The predicted octanol–water partition coefficient (Wildman–Crippen LogP) is 1.63. The highest BCUT2D eigenvalue weighted by molar-refractivity contribution is 5.48. The van der Waals surface area contributed by atoms with Gasteiger partial charge in [0.25, 0.3) is 0 Å². The second kappa shape index (κ2) is 7.62. The van der Waals surface area contributed by atoms with Crippen molar-refractivity contribution in [3.8, 4) is 5.75 Å². The summed E-state index contributed by atoms with van der Waals surface area (Å²) in [5.74, 6) is 0.176. The third-order valence-corrected chi connectivity index (χ3v) is 2.46. The molecule has 100 valence electrons. The van der Waals surface area contributed by atoms with Crippen LogP contribution in [0.1, 0.15) is 24.8 Å². The summed E-state index contributed by atoms with van der Waals surface area (Å²) in [7, 11) is 0. The minimum Gasteiger partial charge on any atom is -0.487 e. The van der Waals surface area contributed by atoms with Crippen molar-refractivity contribution in [1.29, 1.82) is 0 Å². The van der Waals surface area contributed by atoms with Crippen LogP contribution in [0, 0.1) is 10.1 Å². The van der Waals surface area contributed by atoms with Crippen LogP contribution in [-0.2, 0) is 6.61 Å². The lowest BCUT2D eigenvalue weighted by Crippen LogP contribution is -2.02. The topological polar surface area (TPSA) is 92.8 Å². The van der Waals surface area contributed by atoms with E-state index in [2.05, 4.69) is 0 Å². The van der Waals surface area contributed by atoms with Gasteiger partial charge in [0.15, 0.2) is 5.75 Å². The number of rotatable bonds is 8. The molecule has 6 heteroatoms. The van der Waals surface area contributed by atoms with Gasteiger partial charge in [-0.1, -0.05) is 0 Å². The molecule has 0 unspecified atom stereocenters. The number of hydrogen-bond acceptors (Lipinski definition) is 5. The zero-order valence-corrected chi connectivity index (χ0v) is 10.0. The average molecular weight is 255 g/mol. The number of nitrogens with zero attached hydrogens (tertiary/aromatic N) is 1. The lowest BCUT2D eigenvalue weighted by atomic mass is 10.2. The van der Waals surface area contributed by atoms with Gasteiger partial charge in [0.2, 0.25) is 0 Å². The molecule has 0 saturated heterocycles. The number of hydrogen-bond donors (Lipinski definition) is 2. The molecule has 1 rings (SSSR count). The van der Waals surface area contributed by atoms with Gasteiger partial charge in [-0.2, -0.15) is 0 Å². The average Bonchev–Trinajstić information content (AvgIpc) is 2.38. The van der Waals surface area contributed by atoms with Crippen molar-refractivity contribution < 1.29 is 19.9 Å². The van der Waals surface area contributed by atoms with Crippen LogP contribution in [0.25, 0.3) is 0 Å². The highest BCUT2D eigenvalue weighted by Gasteiger charge is 2.15. The first kappa shape index (κ1) is 14.4. The predicted molar refractivity (Wildman–Crippen MR) is 65.5 cm³/mol. The lowest BCUT2D eigenvalue weighted by Gasteiger charge is -2.07. The van der Waals surface area contributed by atoms with E-state index in [4.69, 9.17) is 14.9 Å². The fourth-order valence-electron chi connectivity index (χ4n) is 1.50. The van der Waals surface area contributed by atoms with Gasteiger partial charge in [-0.3, -0.25) is 10.1 Å². The summed E-state index contributed by atoms with van der Waals surface area (Å²) in [5, 5.41) is 28.4. The van der Waals surface area contributed by atoms with Crippen LogP contribution in [-0.4, -0.2) is 28.4 Å². The van der Waals surface area contributed by atoms with Crippen LogP contribution < -0.4 is 4.74 Å². The van der Waals surface area contributed by atoms with E-state index in [1.165, 1.54) is 18.2 Å². The monoisotopic (exact) mass is 255 g/mol. The maximum absolute atomic E-state index is 10.8. The number of aliphatic hydroxyl groups excluding tert-OH is 2. The third-order valence-electron chi connectivity index (χ3n) is 2.46. The smallest absolute Gasteiger partial charge is 0.310 e. The molecule has 0 amide bonds. The molecule has 6 nitrogen and oxygen atoms in total. The molecular formula is C12H17NO5. The SMILES string of the molecule is O=[N+]([O-])c1ccc(CO)cc1OCCCCCO. The zero-order chi connectivity index (χ0) is 13.4. The van der Waals surface area contributed by atoms with Crippen molar-refractivity contribution in [3.05, 3.63) is 33.9 Å². The molecule has 0 saturated carbocycles. The van der Waals surface area contributed by atoms with Gasteiger partial charge in [-0.15, -0.1) is 0 Å². The van der Waals surface area contributed by atoms with Crippen molar-refractivity contribution >= 4 is 5.69 Å². The van der Waals surface area contributed by atoms with Gasteiger partial charge in [-0.05, 0) is 37.0 Å². The first-order chi connectivity index (χ1) is 8.69. The molecule has 0 atom stereocenters. The summed E-state index contributed by atoms with van der Waals surface area (Å²) >= 11 is 0. The van der Waals surface area contributed by atoms with Crippen molar-refractivity contribution in [2.24, 2.45) is 0 Å². The van der Waals surface area contributed by atoms with Crippen molar-refractivity contribution in [1.82, 2.24) is 0 Å². The maximum atomic E-state index is 10.8. The van der Waals surface area contributed by atoms with Crippen molar-refractivity contribution in [2.75, 3.05) is 13.2 Å². The van der Waals surface area contributed by atoms with Crippen molar-refractivity contribution in [2.45, 2.75) is 25.9 Å². The Labute approximate surface area is 105 Å². The number of benzene rings is 1. The Morgan fingerprint density at radius 1 is 1.22 bits per heavy atom. The summed E-state index contributed by atoms with van der Waals surface area (Å²) in [4.78, 5) is 10.3. The van der Waals surface area contributed by atoms with Gasteiger partial charge < -0.3 is 14.9 Å². The summed E-state index contributed by atoms with van der Waals surface area (Å²) < 4.78 is 5.35. The molecule has 0 aliphatic rings. The van der Waals surface area contributed by atoms with Crippen LogP contribution in [0.2, 0.25) is 0 Å². The number of ether oxygens (including phenoxy) is 1. The first-order valence-corrected chi connectivity index (χ1v) is 5.81. The van der Waals surface area contributed by atoms with Crippen LogP contribution in [0.4, 0.5) is 5.69 Å². The second-order valence-electron chi connectivity index (χ2n) is 3.85. The largest absolute Gasteiger partial charge is 0.487 e. The highest BCUT2D eigenvalue weighted by Crippen LogP contribution is 2.28. The van der Waals surface area contributed by atoms with E-state index < -0.39 is 4.92 Å². The molecule has 0 spiro atoms. The first-order valence-electron chi connectivity index (χ1n) is 5.81. The van der Waals surface area contributed by atoms with Crippen LogP contribution in [0.3, 0.4) is 0 Å². The molecule has 2 N–H and O–H groups in total. The minimum absolute atomic E-state index is 0.102. The Balaban J connectivity index is 2.63. The van der Waals surface area contributed by atoms with Gasteiger partial charge in [-0.25, -0.2) is 0 Å². The van der Waals surface area contributed by atoms with Crippen LogP contribution in [0.15, 0.2) is 18.2 Å². The quantitative estimate of drug-likeness (QED) is 0.418. The number of nitro benzene ring substituents is 1. The minimum atomic E-state index is -0.510. The Bertz CT molecular complexity index is 394. The number of unbranched alkanes of at least 4 members (excludes halogenated alkanes) is 2. The summed E-state index contributed by atoms with van der Waals surface area (Å²) in [6.07, 6.45) is 2.23. The lowest BCUT2D eigenvalue weighted by molar-refractivity contribution is -0.385. The Morgan fingerprint density at radius 3 is 2.61 bits per heavy atom. The maximum Gasteiger partial charge on any atom is 0.310 e. The Hall–Kier alpha value is -1.66. The molecule has 0 aliphatic carbocycles.